The first kappa shape index (κ1) is 13.3. The van der Waals surface area contributed by atoms with E-state index < -0.39 is 5.97 Å². The van der Waals surface area contributed by atoms with E-state index in [9.17, 15) is 4.79 Å². The van der Waals surface area contributed by atoms with E-state index in [1.807, 2.05) is 13.0 Å². The van der Waals surface area contributed by atoms with Gasteiger partial charge in [0.25, 0.3) is 0 Å². The Morgan fingerprint density at radius 3 is 2.84 bits per heavy atom. The maximum atomic E-state index is 11.1. The van der Waals surface area contributed by atoms with Crippen LogP contribution in [0.4, 0.5) is 0 Å². The molecule has 0 spiro atoms. The number of aryl methyl sites for hydroxylation is 2. The van der Waals surface area contributed by atoms with Crippen LogP contribution in [-0.4, -0.2) is 33.0 Å². The smallest absolute Gasteiger partial charge is 0.373 e. The molecule has 2 heterocycles. The molecule has 7 nitrogen and oxygen atoms in total. The Labute approximate surface area is 109 Å². The van der Waals surface area contributed by atoms with E-state index in [2.05, 4.69) is 10.1 Å². The molecule has 0 aliphatic rings. The highest BCUT2D eigenvalue weighted by molar-refractivity contribution is 5.86. The lowest BCUT2D eigenvalue weighted by molar-refractivity contribution is 0.0656. The molecule has 19 heavy (non-hydrogen) atoms. The summed E-state index contributed by atoms with van der Waals surface area (Å²) in [5.41, 5.74) is 1.80. The predicted molar refractivity (Wildman–Crippen MR) is 65.8 cm³/mol. The largest absolute Gasteiger partial charge is 0.475 e. The number of ether oxygens (including phenoxy) is 1. The third-order valence-corrected chi connectivity index (χ3v) is 2.68. The highest BCUT2D eigenvalue weighted by atomic mass is 16.5. The number of oxazole rings is 1. The summed E-state index contributed by atoms with van der Waals surface area (Å²) in [6.45, 7) is 2.07. The average Bonchev–Trinajstić information content (AvgIpc) is 2.93. The number of nitrogens with zero attached hydrogens (tertiary/aromatic N) is 3. The zero-order valence-electron chi connectivity index (χ0n) is 11.0. The molecule has 0 unspecified atom stereocenters. The minimum Gasteiger partial charge on any atom is -0.475 e. The fraction of sp³-hybridized carbons (Fsp3) is 0.417. The molecule has 2 rings (SSSR count). The summed E-state index contributed by atoms with van der Waals surface area (Å²) in [7, 11) is 3.23. The van der Waals surface area contributed by atoms with Gasteiger partial charge in [0.2, 0.25) is 11.7 Å². The maximum absolute atomic E-state index is 11.1. The molecule has 0 saturated heterocycles. The van der Waals surface area contributed by atoms with E-state index in [1.165, 1.54) is 7.11 Å². The highest BCUT2D eigenvalue weighted by Crippen LogP contribution is 2.23. The molecule has 0 saturated carbocycles. The second-order valence-corrected chi connectivity index (χ2v) is 4.03. The SMILES string of the molecule is CCc1cc(-c2nc(COC)c(C(=O)O)o2)n(C)n1. The van der Waals surface area contributed by atoms with Gasteiger partial charge in [-0.3, -0.25) is 4.68 Å². The van der Waals surface area contributed by atoms with Crippen molar-refractivity contribution in [3.05, 3.63) is 23.2 Å². The second kappa shape index (κ2) is 5.23. The highest BCUT2D eigenvalue weighted by Gasteiger charge is 2.22. The molecule has 0 amide bonds. The van der Waals surface area contributed by atoms with Crippen molar-refractivity contribution in [2.45, 2.75) is 20.0 Å². The van der Waals surface area contributed by atoms with E-state index in [-0.39, 0.29) is 24.0 Å². The van der Waals surface area contributed by atoms with Crippen LogP contribution in [-0.2, 0) is 24.8 Å². The van der Waals surface area contributed by atoms with Crippen LogP contribution < -0.4 is 0 Å². The molecule has 0 aromatic carbocycles. The van der Waals surface area contributed by atoms with Crippen molar-refractivity contribution < 1.29 is 19.1 Å². The van der Waals surface area contributed by atoms with E-state index >= 15 is 0 Å². The molecular weight excluding hydrogens is 250 g/mol. The van der Waals surface area contributed by atoms with E-state index in [0.717, 1.165) is 12.1 Å². The number of carboxylic acid groups (broad SMARTS) is 1. The van der Waals surface area contributed by atoms with Crippen molar-refractivity contribution in [3.63, 3.8) is 0 Å². The van der Waals surface area contributed by atoms with Gasteiger partial charge in [0.1, 0.15) is 11.4 Å². The Morgan fingerprint density at radius 1 is 1.58 bits per heavy atom. The Kier molecular flexibility index (Phi) is 3.66. The second-order valence-electron chi connectivity index (χ2n) is 4.03. The van der Waals surface area contributed by atoms with Gasteiger partial charge in [0, 0.05) is 14.2 Å². The number of carbonyl (C=O) groups is 1. The Balaban J connectivity index is 2.47. The minimum atomic E-state index is -1.16. The van der Waals surface area contributed by atoms with Crippen LogP contribution >= 0.6 is 0 Å². The molecule has 0 radical (unpaired) electrons. The van der Waals surface area contributed by atoms with Crippen molar-refractivity contribution in [2.24, 2.45) is 7.05 Å². The van der Waals surface area contributed by atoms with Crippen LogP contribution in [0.15, 0.2) is 10.5 Å². The van der Waals surface area contributed by atoms with Crippen molar-refractivity contribution in [1.82, 2.24) is 14.8 Å². The van der Waals surface area contributed by atoms with E-state index in [4.69, 9.17) is 14.3 Å². The van der Waals surface area contributed by atoms with Crippen LogP contribution in [0, 0.1) is 0 Å². The summed E-state index contributed by atoms with van der Waals surface area (Å²) in [5, 5.41) is 13.3. The topological polar surface area (TPSA) is 90.4 Å². The number of rotatable bonds is 5. The van der Waals surface area contributed by atoms with Gasteiger partial charge in [0.15, 0.2) is 0 Å². The van der Waals surface area contributed by atoms with Gasteiger partial charge in [-0.1, -0.05) is 6.92 Å². The zero-order chi connectivity index (χ0) is 14.0. The molecule has 0 bridgehead atoms. The first-order valence-electron chi connectivity index (χ1n) is 5.82. The quantitative estimate of drug-likeness (QED) is 0.880. The lowest BCUT2D eigenvalue weighted by Gasteiger charge is -1.94. The molecule has 102 valence electrons. The van der Waals surface area contributed by atoms with E-state index in [1.54, 1.807) is 11.7 Å². The van der Waals surface area contributed by atoms with Gasteiger partial charge >= 0.3 is 5.97 Å². The molecule has 0 atom stereocenters. The van der Waals surface area contributed by atoms with Crippen LogP contribution in [0.5, 0.6) is 0 Å². The number of carboxylic acids is 1. The van der Waals surface area contributed by atoms with Crippen LogP contribution in [0.3, 0.4) is 0 Å². The molecule has 2 aromatic heterocycles. The van der Waals surface area contributed by atoms with Gasteiger partial charge in [-0.05, 0) is 12.5 Å². The molecular formula is C12H15N3O4. The van der Waals surface area contributed by atoms with Crippen molar-refractivity contribution in [1.29, 1.82) is 0 Å². The molecule has 7 heteroatoms. The number of hydrogen-bond acceptors (Lipinski definition) is 5. The standard InChI is InChI=1S/C12H15N3O4/c1-4-7-5-9(15(2)14-7)11-13-8(6-18-3)10(19-11)12(16)17/h5H,4,6H2,1-3H3,(H,16,17). The lowest BCUT2D eigenvalue weighted by atomic mass is 10.3. The number of hydrogen-bond donors (Lipinski definition) is 1. The fourth-order valence-electron chi connectivity index (χ4n) is 1.76. The molecule has 1 N–H and O–H groups in total. The summed E-state index contributed by atoms with van der Waals surface area (Å²) < 4.78 is 11.8. The summed E-state index contributed by atoms with van der Waals surface area (Å²) in [6.07, 6.45) is 0.783. The average molecular weight is 265 g/mol. The zero-order valence-corrected chi connectivity index (χ0v) is 11.0. The summed E-state index contributed by atoms with van der Waals surface area (Å²) in [5.74, 6) is -1.13. The van der Waals surface area contributed by atoms with Gasteiger partial charge in [-0.2, -0.15) is 5.10 Å². The predicted octanol–water partition coefficient (Wildman–Crippen LogP) is 1.48. The van der Waals surface area contributed by atoms with Crippen LogP contribution in [0.1, 0.15) is 28.9 Å². The van der Waals surface area contributed by atoms with Crippen LogP contribution in [0.25, 0.3) is 11.6 Å². The van der Waals surface area contributed by atoms with Gasteiger partial charge in [-0.25, -0.2) is 9.78 Å². The Hall–Kier alpha value is -2.15. The lowest BCUT2D eigenvalue weighted by Crippen LogP contribution is -2.00. The Bertz CT molecular complexity index is 600. The van der Waals surface area contributed by atoms with Crippen molar-refractivity contribution in [2.75, 3.05) is 7.11 Å². The van der Waals surface area contributed by atoms with Crippen molar-refractivity contribution in [3.8, 4) is 11.6 Å². The molecule has 0 fully saturated rings. The van der Waals surface area contributed by atoms with Gasteiger partial charge in [-0.15, -0.1) is 0 Å². The number of methoxy groups -OCH3 is 1. The third kappa shape index (κ3) is 2.50. The maximum Gasteiger partial charge on any atom is 0.373 e. The monoisotopic (exact) mass is 265 g/mol. The number of aromatic carboxylic acids is 1. The van der Waals surface area contributed by atoms with Gasteiger partial charge < -0.3 is 14.3 Å². The molecule has 0 aliphatic heterocycles. The molecule has 2 aromatic rings. The van der Waals surface area contributed by atoms with Gasteiger partial charge in [0.05, 0.1) is 12.3 Å². The van der Waals surface area contributed by atoms with E-state index in [0.29, 0.717) is 5.69 Å². The first-order chi connectivity index (χ1) is 9.06. The summed E-state index contributed by atoms with van der Waals surface area (Å²) >= 11 is 0. The third-order valence-electron chi connectivity index (χ3n) is 2.68. The number of aromatic nitrogens is 3. The Morgan fingerprint density at radius 2 is 2.32 bits per heavy atom. The summed E-state index contributed by atoms with van der Waals surface area (Å²) in [4.78, 5) is 15.2. The first-order valence-corrected chi connectivity index (χ1v) is 5.82. The van der Waals surface area contributed by atoms with Crippen LogP contribution in [0.2, 0.25) is 0 Å². The molecule has 0 aliphatic carbocycles. The fourth-order valence-corrected chi connectivity index (χ4v) is 1.76. The van der Waals surface area contributed by atoms with Crippen molar-refractivity contribution >= 4 is 5.97 Å². The normalized spacial score (nSPS) is 10.9. The summed E-state index contributed by atoms with van der Waals surface area (Å²) in [6, 6.07) is 1.83. The minimum absolute atomic E-state index is 0.0869.